The van der Waals surface area contributed by atoms with Crippen molar-refractivity contribution in [1.82, 2.24) is 19.8 Å². The molecule has 2 heterocycles. The van der Waals surface area contributed by atoms with E-state index in [0.717, 1.165) is 31.2 Å². The van der Waals surface area contributed by atoms with Gasteiger partial charge in [-0.1, -0.05) is 0 Å². The average Bonchev–Trinajstić information content (AvgIpc) is 2.80. The number of β-amino-alcohol motifs (C(OH)–C–C–N with tert-alkyl or cyclic N) is 1. The van der Waals surface area contributed by atoms with Crippen molar-refractivity contribution in [1.29, 1.82) is 0 Å². The molecule has 124 valence electrons. The number of carbonyl (C=O) groups excluding carboxylic acids is 1. The molecular formula is C15H27N5O2. The zero-order valence-corrected chi connectivity index (χ0v) is 14.0. The second-order valence-corrected chi connectivity index (χ2v) is 6.39. The van der Waals surface area contributed by atoms with Gasteiger partial charge in [0.15, 0.2) is 0 Å². The molecule has 1 aliphatic heterocycles. The van der Waals surface area contributed by atoms with Crippen molar-refractivity contribution in [2.24, 2.45) is 7.05 Å². The Hall–Kier alpha value is -1.60. The van der Waals surface area contributed by atoms with Crippen molar-refractivity contribution in [3.8, 4) is 0 Å². The highest BCUT2D eigenvalue weighted by molar-refractivity contribution is 5.76. The highest BCUT2D eigenvalue weighted by Crippen LogP contribution is 2.26. The van der Waals surface area contributed by atoms with Gasteiger partial charge in [0.1, 0.15) is 0 Å². The summed E-state index contributed by atoms with van der Waals surface area (Å²) in [5.41, 5.74) is 0.175. The summed E-state index contributed by atoms with van der Waals surface area (Å²) < 4.78 is 2.06. The van der Waals surface area contributed by atoms with Gasteiger partial charge in [-0.25, -0.2) is 4.98 Å². The largest absolute Gasteiger partial charge is 0.388 e. The van der Waals surface area contributed by atoms with Gasteiger partial charge in [-0.15, -0.1) is 0 Å². The van der Waals surface area contributed by atoms with Crippen molar-refractivity contribution < 1.29 is 9.90 Å². The molecule has 1 fully saturated rings. The number of carbonyl (C=O) groups is 1. The number of aliphatic hydroxyl groups is 1. The van der Waals surface area contributed by atoms with Gasteiger partial charge in [0.25, 0.3) is 0 Å². The molecule has 1 saturated heterocycles. The molecule has 2 N–H and O–H groups in total. The first-order chi connectivity index (χ1) is 10.3. The Labute approximate surface area is 131 Å². The van der Waals surface area contributed by atoms with Gasteiger partial charge in [-0.2, -0.15) is 0 Å². The maximum absolute atomic E-state index is 11.6. The van der Waals surface area contributed by atoms with E-state index >= 15 is 0 Å². The monoisotopic (exact) mass is 309 g/mol. The van der Waals surface area contributed by atoms with Crippen LogP contribution in [-0.4, -0.2) is 65.3 Å². The molecular weight excluding hydrogens is 282 g/mol. The highest BCUT2D eigenvalue weighted by atomic mass is 16.3. The molecule has 1 aromatic rings. The zero-order valence-electron chi connectivity index (χ0n) is 14.0. The number of piperidine rings is 1. The third-order valence-corrected chi connectivity index (χ3v) is 4.25. The number of aromatic nitrogens is 2. The maximum atomic E-state index is 11.6. The van der Waals surface area contributed by atoms with E-state index in [9.17, 15) is 9.90 Å². The number of hydrogen-bond donors (Lipinski definition) is 2. The normalized spacial score (nSPS) is 22.6. The number of imidazole rings is 1. The molecule has 1 aliphatic rings. The van der Waals surface area contributed by atoms with E-state index in [2.05, 4.69) is 19.8 Å². The first-order valence-corrected chi connectivity index (χ1v) is 7.68. The van der Waals surface area contributed by atoms with Crippen LogP contribution in [0.2, 0.25) is 0 Å². The highest BCUT2D eigenvalue weighted by Gasteiger charge is 2.35. The first kappa shape index (κ1) is 16.8. The van der Waals surface area contributed by atoms with Gasteiger partial charge in [0, 0.05) is 41.3 Å². The lowest BCUT2D eigenvalue weighted by molar-refractivity contribution is -0.128. The summed E-state index contributed by atoms with van der Waals surface area (Å²) in [5, 5.41) is 13.2. The number of likely N-dealkylation sites (tertiary alicyclic amines) is 1. The van der Waals surface area contributed by atoms with Gasteiger partial charge >= 0.3 is 0 Å². The second kappa shape index (κ2) is 6.66. The Morgan fingerprint density at radius 3 is 2.86 bits per heavy atom. The van der Waals surface area contributed by atoms with Crippen LogP contribution in [0, 0.1) is 0 Å². The average molecular weight is 309 g/mol. The molecule has 0 radical (unpaired) electrons. The fourth-order valence-electron chi connectivity index (χ4n) is 3.10. The molecule has 1 amide bonds. The van der Waals surface area contributed by atoms with E-state index in [-0.39, 0.29) is 12.3 Å². The number of rotatable bonds is 5. The van der Waals surface area contributed by atoms with Crippen LogP contribution < -0.4 is 10.2 Å². The predicted octanol–water partition coefficient (Wildman–Crippen LogP) is -0.0509. The van der Waals surface area contributed by atoms with Crippen LogP contribution in [0.3, 0.4) is 0 Å². The van der Waals surface area contributed by atoms with E-state index in [0.29, 0.717) is 13.0 Å². The molecule has 0 aromatic carbocycles. The number of hydrogen-bond acceptors (Lipinski definition) is 5. The van der Waals surface area contributed by atoms with Crippen molar-refractivity contribution in [3.63, 3.8) is 0 Å². The zero-order chi connectivity index (χ0) is 16.3. The first-order valence-electron chi connectivity index (χ1n) is 7.68. The van der Waals surface area contributed by atoms with Crippen molar-refractivity contribution in [2.45, 2.75) is 31.4 Å². The molecule has 1 unspecified atom stereocenters. The fourth-order valence-corrected chi connectivity index (χ4v) is 3.10. The summed E-state index contributed by atoms with van der Waals surface area (Å²) in [7, 11) is 7.53. The molecule has 0 spiro atoms. The van der Waals surface area contributed by atoms with Gasteiger partial charge < -0.3 is 19.9 Å². The van der Waals surface area contributed by atoms with Gasteiger partial charge in [0.2, 0.25) is 11.9 Å². The van der Waals surface area contributed by atoms with Crippen LogP contribution in [-0.2, 0) is 18.4 Å². The van der Waals surface area contributed by atoms with E-state index < -0.39 is 5.60 Å². The van der Waals surface area contributed by atoms with Crippen LogP contribution in [0.4, 0.5) is 5.95 Å². The lowest BCUT2D eigenvalue weighted by Crippen LogP contribution is -2.50. The minimum absolute atomic E-state index is 0.111. The van der Waals surface area contributed by atoms with E-state index in [1.807, 2.05) is 32.2 Å². The van der Waals surface area contributed by atoms with E-state index in [4.69, 9.17) is 0 Å². The van der Waals surface area contributed by atoms with Gasteiger partial charge in [0.05, 0.1) is 23.9 Å². The van der Waals surface area contributed by atoms with Gasteiger partial charge in [-0.3, -0.25) is 9.69 Å². The Kier molecular flexibility index (Phi) is 5.08. The second-order valence-electron chi connectivity index (χ2n) is 6.39. The van der Waals surface area contributed by atoms with Gasteiger partial charge in [-0.05, 0) is 19.4 Å². The van der Waals surface area contributed by atoms with Crippen LogP contribution in [0.1, 0.15) is 25.0 Å². The summed E-state index contributed by atoms with van der Waals surface area (Å²) in [5.74, 6) is 0.799. The Bertz CT molecular complexity index is 528. The molecule has 1 atom stereocenters. The predicted molar refractivity (Wildman–Crippen MR) is 85.7 cm³/mol. The maximum Gasteiger partial charge on any atom is 0.222 e. The summed E-state index contributed by atoms with van der Waals surface area (Å²) in [6.07, 6.45) is 3.60. The smallest absolute Gasteiger partial charge is 0.222 e. The minimum Gasteiger partial charge on any atom is -0.388 e. The lowest BCUT2D eigenvalue weighted by atomic mass is 9.89. The molecule has 22 heavy (non-hydrogen) atoms. The molecule has 2 rings (SSSR count). The molecule has 1 aromatic heterocycles. The van der Waals surface area contributed by atoms with Crippen LogP contribution in [0.15, 0.2) is 6.20 Å². The fraction of sp³-hybridized carbons (Fsp3) is 0.733. The molecule has 0 bridgehead atoms. The Balaban J connectivity index is 2.03. The minimum atomic E-state index is -0.929. The molecule has 7 heteroatoms. The lowest BCUT2D eigenvalue weighted by Gasteiger charge is -2.38. The number of nitrogens with one attached hydrogen (secondary N) is 1. The third-order valence-electron chi connectivity index (χ3n) is 4.25. The Morgan fingerprint density at radius 2 is 2.27 bits per heavy atom. The summed E-state index contributed by atoms with van der Waals surface area (Å²) in [4.78, 5) is 20.2. The topological polar surface area (TPSA) is 73.6 Å². The van der Waals surface area contributed by atoms with Crippen LogP contribution in [0.5, 0.6) is 0 Å². The van der Waals surface area contributed by atoms with Crippen LogP contribution in [0.25, 0.3) is 0 Å². The van der Waals surface area contributed by atoms with Crippen molar-refractivity contribution in [3.05, 3.63) is 11.9 Å². The quantitative estimate of drug-likeness (QED) is 0.798. The SMILES string of the molecule is CNC(=O)CC1(O)CCCN(Cc2cnc(N(C)C)n2C)C1. The summed E-state index contributed by atoms with van der Waals surface area (Å²) in [6.45, 7) is 2.18. The summed E-state index contributed by atoms with van der Waals surface area (Å²) >= 11 is 0. The molecule has 7 nitrogen and oxygen atoms in total. The van der Waals surface area contributed by atoms with Crippen molar-refractivity contribution in [2.75, 3.05) is 39.1 Å². The van der Waals surface area contributed by atoms with E-state index in [1.165, 1.54) is 0 Å². The molecule has 0 saturated carbocycles. The standard InChI is InChI=1S/C15H27N5O2/c1-16-13(21)8-15(22)6-5-7-20(11-15)10-12-9-17-14(18(2)3)19(12)4/h9,22H,5-8,10-11H2,1-4H3,(H,16,21). The molecule has 0 aliphatic carbocycles. The number of nitrogens with zero attached hydrogens (tertiary/aromatic N) is 4. The van der Waals surface area contributed by atoms with Crippen molar-refractivity contribution >= 4 is 11.9 Å². The number of anilines is 1. The summed E-state index contributed by atoms with van der Waals surface area (Å²) in [6, 6.07) is 0. The van der Waals surface area contributed by atoms with Crippen LogP contribution >= 0.6 is 0 Å². The van der Waals surface area contributed by atoms with E-state index in [1.54, 1.807) is 7.05 Å². The Morgan fingerprint density at radius 1 is 1.55 bits per heavy atom. The number of amides is 1. The third kappa shape index (κ3) is 3.78.